The van der Waals surface area contributed by atoms with Crippen LogP contribution < -0.4 is 5.32 Å². The molecule has 0 saturated heterocycles. The summed E-state index contributed by atoms with van der Waals surface area (Å²) in [5.74, 6) is -2.90. The zero-order valence-electron chi connectivity index (χ0n) is 14.1. The Labute approximate surface area is 145 Å². The van der Waals surface area contributed by atoms with Gasteiger partial charge in [-0.25, -0.2) is 4.79 Å². The summed E-state index contributed by atoms with van der Waals surface area (Å²) >= 11 is 0. The number of fused-ring (bicyclic) bond motifs is 1. The summed E-state index contributed by atoms with van der Waals surface area (Å²) in [6.45, 7) is 3.46. The first kappa shape index (κ1) is 18.4. The van der Waals surface area contributed by atoms with Crippen LogP contribution in [0.2, 0.25) is 0 Å². The largest absolute Gasteiger partial charge is 0.480 e. The lowest BCUT2D eigenvalue weighted by molar-refractivity contribution is -0.148. The van der Waals surface area contributed by atoms with Crippen LogP contribution in [-0.4, -0.2) is 40.6 Å². The van der Waals surface area contributed by atoms with Crippen molar-refractivity contribution in [1.82, 2.24) is 10.3 Å². The minimum Gasteiger partial charge on any atom is -0.480 e. The Morgan fingerprint density at radius 3 is 2.64 bits per heavy atom. The Balaban J connectivity index is 2.17. The molecule has 132 valence electrons. The van der Waals surface area contributed by atoms with Crippen molar-refractivity contribution >= 4 is 28.7 Å². The highest BCUT2D eigenvalue weighted by Gasteiger charge is 2.27. The first-order chi connectivity index (χ1) is 11.9. The molecule has 0 radical (unpaired) electrons. The van der Waals surface area contributed by atoms with Crippen LogP contribution in [0.5, 0.6) is 0 Å². The van der Waals surface area contributed by atoms with Crippen LogP contribution >= 0.6 is 0 Å². The van der Waals surface area contributed by atoms with Gasteiger partial charge in [-0.05, 0) is 25.5 Å². The fourth-order valence-electron chi connectivity index (χ4n) is 2.48. The van der Waals surface area contributed by atoms with Crippen molar-refractivity contribution in [2.24, 2.45) is 5.92 Å². The lowest BCUT2D eigenvalue weighted by Gasteiger charge is -2.18. The van der Waals surface area contributed by atoms with E-state index >= 15 is 0 Å². The molecule has 2 rings (SSSR count). The summed E-state index contributed by atoms with van der Waals surface area (Å²) < 4.78 is 4.88. The van der Waals surface area contributed by atoms with E-state index in [1.807, 2.05) is 12.1 Å². The molecule has 2 aromatic rings. The lowest BCUT2D eigenvalue weighted by Crippen LogP contribution is -2.42. The Morgan fingerprint density at radius 1 is 1.24 bits per heavy atom. The molecule has 0 spiro atoms. The van der Waals surface area contributed by atoms with Crippen LogP contribution in [-0.2, 0) is 14.3 Å². The predicted molar refractivity (Wildman–Crippen MR) is 91.0 cm³/mol. The second-order valence-corrected chi connectivity index (χ2v) is 5.63. The third-order valence-corrected chi connectivity index (χ3v) is 3.76. The molecule has 0 bridgehead atoms. The number of rotatable bonds is 7. The number of aromatic nitrogens is 1. The topological polar surface area (TPSA) is 106 Å². The van der Waals surface area contributed by atoms with Crippen LogP contribution in [0.3, 0.4) is 0 Å². The molecule has 0 aliphatic rings. The number of carboxylic acids is 1. The fraction of sp³-hybridized carbons (Fsp3) is 0.333. The molecular weight excluding hydrogens is 324 g/mol. The van der Waals surface area contributed by atoms with Crippen molar-refractivity contribution in [3.05, 3.63) is 42.1 Å². The van der Waals surface area contributed by atoms with Gasteiger partial charge in [0.1, 0.15) is 6.04 Å². The summed E-state index contributed by atoms with van der Waals surface area (Å²) in [4.78, 5) is 39.9. The molecule has 25 heavy (non-hydrogen) atoms. The van der Waals surface area contributed by atoms with Crippen LogP contribution in [0.15, 0.2) is 36.5 Å². The van der Waals surface area contributed by atoms with Crippen molar-refractivity contribution in [3.8, 4) is 0 Å². The highest BCUT2D eigenvalue weighted by Crippen LogP contribution is 2.17. The average Bonchev–Trinajstić information content (AvgIpc) is 2.60. The molecule has 0 saturated carbocycles. The SMILES string of the molecule is CCOC(=O)[C@H](C)C[C@@H](NC(=O)c1cccc2cccnc12)C(=O)O. The molecule has 1 aromatic carbocycles. The number of ether oxygens (including phenoxy) is 1. The summed E-state index contributed by atoms with van der Waals surface area (Å²) in [5, 5.41) is 12.6. The molecule has 0 aliphatic heterocycles. The van der Waals surface area contributed by atoms with Gasteiger partial charge in [0.2, 0.25) is 0 Å². The number of benzene rings is 1. The highest BCUT2D eigenvalue weighted by atomic mass is 16.5. The maximum Gasteiger partial charge on any atom is 0.326 e. The summed E-state index contributed by atoms with van der Waals surface area (Å²) in [5.41, 5.74) is 0.776. The van der Waals surface area contributed by atoms with Crippen LogP contribution in [0.1, 0.15) is 30.6 Å². The third kappa shape index (κ3) is 4.53. The maximum atomic E-state index is 12.5. The van der Waals surface area contributed by atoms with Crippen molar-refractivity contribution < 1.29 is 24.2 Å². The van der Waals surface area contributed by atoms with Crippen LogP contribution in [0.25, 0.3) is 10.9 Å². The number of nitrogens with zero attached hydrogens (tertiary/aromatic N) is 1. The van der Waals surface area contributed by atoms with E-state index < -0.39 is 29.8 Å². The van der Waals surface area contributed by atoms with Crippen LogP contribution in [0, 0.1) is 5.92 Å². The Hall–Kier alpha value is -2.96. The fourth-order valence-corrected chi connectivity index (χ4v) is 2.48. The second-order valence-electron chi connectivity index (χ2n) is 5.63. The monoisotopic (exact) mass is 344 g/mol. The van der Waals surface area contributed by atoms with E-state index in [9.17, 15) is 19.5 Å². The molecule has 1 amide bonds. The predicted octanol–water partition coefficient (Wildman–Crippen LogP) is 2.01. The summed E-state index contributed by atoms with van der Waals surface area (Å²) in [6.07, 6.45) is 1.51. The Kier molecular flexibility index (Phi) is 6.05. The van der Waals surface area contributed by atoms with Gasteiger partial charge in [-0.15, -0.1) is 0 Å². The number of carbonyl (C=O) groups excluding carboxylic acids is 2. The van der Waals surface area contributed by atoms with Gasteiger partial charge in [-0.1, -0.05) is 25.1 Å². The molecule has 0 unspecified atom stereocenters. The number of aliphatic carboxylic acids is 1. The normalized spacial score (nSPS) is 13.0. The molecule has 1 heterocycles. The van der Waals surface area contributed by atoms with E-state index in [-0.39, 0.29) is 18.6 Å². The molecule has 7 nitrogen and oxygen atoms in total. The number of carboxylic acid groups (broad SMARTS) is 1. The minimum absolute atomic E-state index is 0.0574. The van der Waals surface area contributed by atoms with E-state index in [4.69, 9.17) is 4.74 Å². The van der Waals surface area contributed by atoms with Crippen LogP contribution in [0.4, 0.5) is 0 Å². The van der Waals surface area contributed by atoms with Gasteiger partial charge in [-0.2, -0.15) is 0 Å². The zero-order valence-corrected chi connectivity index (χ0v) is 14.1. The number of carbonyl (C=O) groups is 3. The van der Waals surface area contributed by atoms with Gasteiger partial charge in [0.25, 0.3) is 5.91 Å². The molecule has 0 aliphatic carbocycles. The number of nitrogens with one attached hydrogen (secondary N) is 1. The summed E-state index contributed by atoms with van der Waals surface area (Å²) in [6, 6.07) is 7.47. The minimum atomic E-state index is -1.21. The number of para-hydroxylation sites is 1. The van der Waals surface area contributed by atoms with Gasteiger partial charge < -0.3 is 15.2 Å². The molecule has 1 aromatic heterocycles. The average molecular weight is 344 g/mol. The molecule has 2 atom stereocenters. The Bertz CT molecular complexity index is 785. The molecule has 7 heteroatoms. The van der Waals surface area contributed by atoms with Gasteiger partial charge in [0.05, 0.1) is 23.6 Å². The van der Waals surface area contributed by atoms with Gasteiger partial charge >= 0.3 is 11.9 Å². The van der Waals surface area contributed by atoms with Gasteiger partial charge in [0, 0.05) is 11.6 Å². The first-order valence-electron chi connectivity index (χ1n) is 7.98. The zero-order chi connectivity index (χ0) is 18.4. The third-order valence-electron chi connectivity index (χ3n) is 3.76. The number of hydrogen-bond acceptors (Lipinski definition) is 5. The van der Waals surface area contributed by atoms with E-state index in [0.717, 1.165) is 5.39 Å². The summed E-state index contributed by atoms with van der Waals surface area (Å²) in [7, 11) is 0. The number of esters is 1. The Morgan fingerprint density at radius 2 is 1.96 bits per heavy atom. The molecule has 0 fully saturated rings. The first-order valence-corrected chi connectivity index (χ1v) is 7.98. The van der Waals surface area contributed by atoms with E-state index in [0.29, 0.717) is 5.52 Å². The van der Waals surface area contributed by atoms with E-state index in [1.165, 1.54) is 0 Å². The van der Waals surface area contributed by atoms with Crippen molar-refractivity contribution in [1.29, 1.82) is 0 Å². The van der Waals surface area contributed by atoms with Gasteiger partial charge in [-0.3, -0.25) is 14.6 Å². The van der Waals surface area contributed by atoms with Crippen molar-refractivity contribution in [2.45, 2.75) is 26.3 Å². The van der Waals surface area contributed by atoms with Crippen molar-refractivity contribution in [2.75, 3.05) is 6.61 Å². The molecule has 2 N–H and O–H groups in total. The smallest absolute Gasteiger partial charge is 0.326 e. The lowest BCUT2D eigenvalue weighted by atomic mass is 10.0. The van der Waals surface area contributed by atoms with E-state index in [2.05, 4.69) is 10.3 Å². The number of pyridine rings is 1. The quantitative estimate of drug-likeness (QED) is 0.744. The standard InChI is InChI=1S/C18H20N2O5/c1-3-25-18(24)11(2)10-14(17(22)23)20-16(21)13-8-4-6-12-7-5-9-19-15(12)13/h4-9,11,14H,3,10H2,1-2H3,(H,20,21)(H,22,23)/t11-,14-/m1/s1. The van der Waals surface area contributed by atoms with E-state index in [1.54, 1.807) is 38.2 Å². The second kappa shape index (κ2) is 8.23. The maximum absolute atomic E-state index is 12.5. The van der Waals surface area contributed by atoms with Crippen molar-refractivity contribution in [3.63, 3.8) is 0 Å². The number of hydrogen-bond donors (Lipinski definition) is 2. The van der Waals surface area contributed by atoms with Gasteiger partial charge in [0.15, 0.2) is 0 Å². The highest BCUT2D eigenvalue weighted by molar-refractivity contribution is 6.06. The number of amides is 1. The molecular formula is C18H20N2O5.